The molecule has 0 radical (unpaired) electrons. The van der Waals surface area contributed by atoms with E-state index in [0.29, 0.717) is 10.7 Å². The van der Waals surface area contributed by atoms with Gasteiger partial charge in [-0.3, -0.25) is 4.79 Å². The molecule has 2 rings (SSSR count). The zero-order chi connectivity index (χ0) is 12.4. The maximum atomic E-state index is 11.7. The minimum atomic E-state index is -0.177. The molecule has 17 heavy (non-hydrogen) atoms. The van der Waals surface area contributed by atoms with Gasteiger partial charge in [-0.05, 0) is 19.1 Å². The molecular formula is C11H12ClN3OS. The van der Waals surface area contributed by atoms with Crippen LogP contribution in [0.15, 0.2) is 17.6 Å². The maximum Gasteiger partial charge on any atom is 0.226 e. The molecule has 0 fully saturated rings. The second-order valence-corrected chi connectivity index (χ2v) is 5.14. The van der Waals surface area contributed by atoms with Crippen molar-refractivity contribution < 1.29 is 4.79 Å². The number of hydrogen-bond acceptors (Lipinski definition) is 4. The van der Waals surface area contributed by atoms with E-state index in [-0.39, 0.29) is 18.4 Å². The van der Waals surface area contributed by atoms with Gasteiger partial charge in [-0.1, -0.05) is 11.6 Å². The third kappa shape index (κ3) is 2.74. The van der Waals surface area contributed by atoms with Crippen molar-refractivity contribution in [1.82, 2.24) is 4.98 Å². The van der Waals surface area contributed by atoms with Gasteiger partial charge in [0.25, 0.3) is 0 Å². The molecule has 1 unspecified atom stereocenters. The van der Waals surface area contributed by atoms with E-state index in [1.807, 2.05) is 6.07 Å². The highest BCUT2D eigenvalue weighted by Gasteiger charge is 2.12. The quantitative estimate of drug-likeness (QED) is 0.900. The lowest BCUT2D eigenvalue weighted by molar-refractivity contribution is -0.116. The number of carbonyl (C=O) groups is 1. The SMILES string of the molecule is CC(N)CC(=O)Nc1c(Cl)ccc2scnc12. The average molecular weight is 270 g/mol. The molecule has 0 aliphatic heterocycles. The molecule has 1 atom stereocenters. The van der Waals surface area contributed by atoms with E-state index in [1.165, 1.54) is 11.3 Å². The molecule has 1 heterocycles. The van der Waals surface area contributed by atoms with Gasteiger partial charge in [0.2, 0.25) is 5.91 Å². The number of nitrogens with one attached hydrogen (secondary N) is 1. The van der Waals surface area contributed by atoms with Gasteiger partial charge in [-0.15, -0.1) is 11.3 Å². The first-order valence-electron chi connectivity index (χ1n) is 5.15. The first kappa shape index (κ1) is 12.3. The van der Waals surface area contributed by atoms with E-state index in [1.54, 1.807) is 18.5 Å². The molecule has 0 spiro atoms. The zero-order valence-electron chi connectivity index (χ0n) is 9.24. The molecular weight excluding hydrogens is 258 g/mol. The number of carbonyl (C=O) groups excluding carboxylic acids is 1. The molecule has 6 heteroatoms. The van der Waals surface area contributed by atoms with E-state index >= 15 is 0 Å². The lowest BCUT2D eigenvalue weighted by Crippen LogP contribution is -2.24. The molecule has 3 N–H and O–H groups in total. The Morgan fingerprint density at radius 2 is 2.41 bits per heavy atom. The molecule has 4 nitrogen and oxygen atoms in total. The smallest absolute Gasteiger partial charge is 0.226 e. The van der Waals surface area contributed by atoms with Crippen molar-refractivity contribution in [3.05, 3.63) is 22.7 Å². The van der Waals surface area contributed by atoms with Gasteiger partial charge in [-0.2, -0.15) is 0 Å². The third-order valence-corrected chi connectivity index (χ3v) is 3.33. The Hall–Kier alpha value is -1.17. The van der Waals surface area contributed by atoms with Crippen molar-refractivity contribution in [2.24, 2.45) is 5.73 Å². The van der Waals surface area contributed by atoms with Crippen LogP contribution in [0.1, 0.15) is 13.3 Å². The molecule has 0 saturated carbocycles. The second kappa shape index (κ2) is 5.00. The van der Waals surface area contributed by atoms with E-state index in [9.17, 15) is 4.79 Å². The van der Waals surface area contributed by atoms with E-state index in [0.717, 1.165) is 10.2 Å². The predicted octanol–water partition coefficient (Wildman–Crippen LogP) is 2.63. The molecule has 0 bridgehead atoms. The van der Waals surface area contributed by atoms with Crippen molar-refractivity contribution in [2.75, 3.05) is 5.32 Å². The molecule has 90 valence electrons. The summed E-state index contributed by atoms with van der Waals surface area (Å²) in [5, 5.41) is 3.25. The van der Waals surface area contributed by atoms with Gasteiger partial charge in [-0.25, -0.2) is 4.98 Å². The average Bonchev–Trinajstić information content (AvgIpc) is 2.69. The van der Waals surface area contributed by atoms with Crippen molar-refractivity contribution in [2.45, 2.75) is 19.4 Å². The lowest BCUT2D eigenvalue weighted by atomic mass is 10.2. The number of amides is 1. The first-order chi connectivity index (χ1) is 8.08. The highest BCUT2D eigenvalue weighted by atomic mass is 35.5. The van der Waals surface area contributed by atoms with Crippen molar-refractivity contribution in [3.8, 4) is 0 Å². The third-order valence-electron chi connectivity index (χ3n) is 2.22. The van der Waals surface area contributed by atoms with Crippen LogP contribution < -0.4 is 11.1 Å². The molecule has 2 aromatic rings. The van der Waals surface area contributed by atoms with Crippen LogP contribution in [0.3, 0.4) is 0 Å². The van der Waals surface area contributed by atoms with Crippen LogP contribution in [0.25, 0.3) is 10.2 Å². The van der Waals surface area contributed by atoms with Crippen molar-refractivity contribution in [3.63, 3.8) is 0 Å². The van der Waals surface area contributed by atoms with Crippen LogP contribution >= 0.6 is 22.9 Å². The Balaban J connectivity index is 2.31. The Labute approximate surface area is 108 Å². The van der Waals surface area contributed by atoms with Gasteiger partial charge < -0.3 is 11.1 Å². The molecule has 1 aromatic heterocycles. The maximum absolute atomic E-state index is 11.7. The standard InChI is InChI=1S/C11H12ClN3OS/c1-6(13)4-9(16)15-10-7(12)2-3-8-11(10)14-5-17-8/h2-3,5-6H,4,13H2,1H3,(H,15,16). The number of rotatable bonds is 3. The first-order valence-corrected chi connectivity index (χ1v) is 6.41. The number of hydrogen-bond donors (Lipinski definition) is 2. The van der Waals surface area contributed by atoms with E-state index in [4.69, 9.17) is 17.3 Å². The van der Waals surface area contributed by atoms with Gasteiger partial charge in [0, 0.05) is 12.5 Å². The molecule has 0 aliphatic carbocycles. The van der Waals surface area contributed by atoms with Crippen LogP contribution in [-0.4, -0.2) is 16.9 Å². The van der Waals surface area contributed by atoms with Crippen molar-refractivity contribution >= 4 is 44.7 Å². The van der Waals surface area contributed by atoms with Crippen LogP contribution in [0, 0.1) is 0 Å². The normalized spacial score (nSPS) is 12.6. The summed E-state index contributed by atoms with van der Waals surface area (Å²) in [5.41, 5.74) is 8.58. The zero-order valence-corrected chi connectivity index (χ0v) is 10.8. The summed E-state index contributed by atoms with van der Waals surface area (Å²) in [7, 11) is 0. The summed E-state index contributed by atoms with van der Waals surface area (Å²) in [5.74, 6) is -0.151. The number of aromatic nitrogens is 1. The summed E-state index contributed by atoms with van der Waals surface area (Å²) < 4.78 is 0.991. The van der Waals surface area contributed by atoms with Gasteiger partial charge in [0.15, 0.2) is 0 Å². The lowest BCUT2D eigenvalue weighted by Gasteiger charge is -2.09. The van der Waals surface area contributed by atoms with Gasteiger partial charge >= 0.3 is 0 Å². The molecule has 1 amide bonds. The number of nitrogens with zero attached hydrogens (tertiary/aromatic N) is 1. The topological polar surface area (TPSA) is 68.0 Å². The number of fused-ring (bicyclic) bond motifs is 1. The number of anilines is 1. The largest absolute Gasteiger partial charge is 0.327 e. The molecule has 1 aromatic carbocycles. The second-order valence-electron chi connectivity index (χ2n) is 3.85. The van der Waals surface area contributed by atoms with Gasteiger partial charge in [0.1, 0.15) is 5.52 Å². The fraction of sp³-hybridized carbons (Fsp3) is 0.273. The van der Waals surface area contributed by atoms with Crippen LogP contribution in [0.5, 0.6) is 0 Å². The monoisotopic (exact) mass is 269 g/mol. The minimum absolute atomic E-state index is 0.151. The number of thiazole rings is 1. The van der Waals surface area contributed by atoms with E-state index in [2.05, 4.69) is 10.3 Å². The fourth-order valence-corrected chi connectivity index (χ4v) is 2.39. The predicted molar refractivity (Wildman–Crippen MR) is 71.5 cm³/mol. The highest BCUT2D eigenvalue weighted by Crippen LogP contribution is 2.32. The Morgan fingerprint density at radius 3 is 3.12 bits per heavy atom. The number of halogens is 1. The number of nitrogens with two attached hydrogens (primary N) is 1. The highest BCUT2D eigenvalue weighted by molar-refractivity contribution is 7.16. The Morgan fingerprint density at radius 1 is 1.65 bits per heavy atom. The summed E-state index contributed by atoms with van der Waals surface area (Å²) in [6, 6.07) is 3.46. The van der Waals surface area contributed by atoms with Crippen molar-refractivity contribution in [1.29, 1.82) is 0 Å². The number of benzene rings is 1. The summed E-state index contributed by atoms with van der Waals surface area (Å²) in [6.45, 7) is 1.78. The van der Waals surface area contributed by atoms with Crippen LogP contribution in [0.4, 0.5) is 5.69 Å². The molecule has 0 aliphatic rings. The fourth-order valence-electron chi connectivity index (χ4n) is 1.51. The van der Waals surface area contributed by atoms with Crippen LogP contribution in [-0.2, 0) is 4.79 Å². The summed E-state index contributed by atoms with van der Waals surface area (Å²) in [6.07, 6.45) is 0.261. The van der Waals surface area contributed by atoms with Gasteiger partial charge in [0.05, 0.1) is 20.9 Å². The Kier molecular flexibility index (Phi) is 3.61. The van der Waals surface area contributed by atoms with Crippen LogP contribution in [0.2, 0.25) is 5.02 Å². The Bertz CT molecular complexity index is 553. The summed E-state index contributed by atoms with van der Waals surface area (Å²) in [4.78, 5) is 15.9. The molecule has 0 saturated heterocycles. The minimum Gasteiger partial charge on any atom is -0.327 e. The summed E-state index contributed by atoms with van der Waals surface area (Å²) >= 11 is 7.56. The van der Waals surface area contributed by atoms with E-state index < -0.39 is 0 Å².